The van der Waals surface area contributed by atoms with Crippen LogP contribution in [0.1, 0.15) is 19.8 Å². The SMILES string of the molecule is CC1CCC(CN)CN1c1ncc(Br)cc1F. The van der Waals surface area contributed by atoms with E-state index in [0.717, 1.165) is 19.4 Å². The Morgan fingerprint density at radius 1 is 1.59 bits per heavy atom. The molecule has 1 fully saturated rings. The fourth-order valence-electron chi connectivity index (χ4n) is 2.29. The lowest BCUT2D eigenvalue weighted by atomic mass is 9.93. The first-order chi connectivity index (χ1) is 8.11. The molecule has 0 bridgehead atoms. The van der Waals surface area contributed by atoms with Gasteiger partial charge in [0.1, 0.15) is 0 Å². The van der Waals surface area contributed by atoms with Crippen molar-refractivity contribution in [3.8, 4) is 0 Å². The quantitative estimate of drug-likeness (QED) is 0.913. The molecule has 1 aromatic heterocycles. The molecule has 0 saturated carbocycles. The predicted molar refractivity (Wildman–Crippen MR) is 70.5 cm³/mol. The molecule has 94 valence electrons. The zero-order valence-corrected chi connectivity index (χ0v) is 11.5. The highest BCUT2D eigenvalue weighted by atomic mass is 79.9. The number of aromatic nitrogens is 1. The lowest BCUT2D eigenvalue weighted by Crippen LogP contribution is -2.44. The van der Waals surface area contributed by atoms with Crippen LogP contribution in [0.15, 0.2) is 16.7 Å². The predicted octanol–water partition coefficient (Wildman–Crippen LogP) is 2.55. The normalized spacial score (nSPS) is 25.1. The van der Waals surface area contributed by atoms with Crippen LogP contribution in [-0.4, -0.2) is 24.1 Å². The van der Waals surface area contributed by atoms with Gasteiger partial charge in [0.05, 0.1) is 0 Å². The number of pyridine rings is 1. The highest BCUT2D eigenvalue weighted by molar-refractivity contribution is 9.10. The summed E-state index contributed by atoms with van der Waals surface area (Å²) in [6, 6.07) is 1.78. The number of hydrogen-bond donors (Lipinski definition) is 1. The van der Waals surface area contributed by atoms with Gasteiger partial charge in [-0.1, -0.05) is 0 Å². The molecule has 2 heterocycles. The monoisotopic (exact) mass is 301 g/mol. The van der Waals surface area contributed by atoms with E-state index in [9.17, 15) is 4.39 Å². The molecule has 1 aliphatic rings. The smallest absolute Gasteiger partial charge is 0.166 e. The first kappa shape index (κ1) is 12.8. The van der Waals surface area contributed by atoms with Gasteiger partial charge in [-0.2, -0.15) is 0 Å². The van der Waals surface area contributed by atoms with Gasteiger partial charge in [-0.25, -0.2) is 9.37 Å². The third-order valence-electron chi connectivity index (χ3n) is 3.37. The highest BCUT2D eigenvalue weighted by Gasteiger charge is 2.27. The van der Waals surface area contributed by atoms with Crippen molar-refractivity contribution in [2.75, 3.05) is 18.0 Å². The van der Waals surface area contributed by atoms with E-state index in [1.54, 1.807) is 6.20 Å². The molecule has 0 radical (unpaired) electrons. The standard InChI is InChI=1S/C12H17BrFN3/c1-8-2-3-9(5-15)7-17(8)12-11(14)4-10(13)6-16-12/h4,6,8-9H,2-3,5,7,15H2,1H3. The molecule has 17 heavy (non-hydrogen) atoms. The molecule has 1 aromatic rings. The Morgan fingerprint density at radius 3 is 3.00 bits per heavy atom. The van der Waals surface area contributed by atoms with Crippen molar-refractivity contribution in [3.63, 3.8) is 0 Å². The Labute approximate surface area is 109 Å². The molecule has 0 aromatic carbocycles. The molecule has 0 aliphatic carbocycles. The summed E-state index contributed by atoms with van der Waals surface area (Å²) in [6.45, 7) is 3.56. The number of piperidine rings is 1. The molecule has 1 saturated heterocycles. The van der Waals surface area contributed by atoms with Crippen LogP contribution in [0.5, 0.6) is 0 Å². The Bertz CT molecular complexity index is 399. The van der Waals surface area contributed by atoms with Crippen molar-refractivity contribution in [2.45, 2.75) is 25.8 Å². The lowest BCUT2D eigenvalue weighted by molar-refractivity contribution is 0.368. The summed E-state index contributed by atoms with van der Waals surface area (Å²) in [6.07, 6.45) is 3.79. The minimum absolute atomic E-state index is 0.274. The summed E-state index contributed by atoms with van der Waals surface area (Å²) >= 11 is 3.22. The Hall–Kier alpha value is -0.680. The summed E-state index contributed by atoms with van der Waals surface area (Å²) in [5, 5.41) is 0. The third-order valence-corrected chi connectivity index (χ3v) is 3.81. The lowest BCUT2D eigenvalue weighted by Gasteiger charge is -2.38. The van der Waals surface area contributed by atoms with Gasteiger partial charge in [0, 0.05) is 23.3 Å². The topological polar surface area (TPSA) is 42.1 Å². The van der Waals surface area contributed by atoms with E-state index < -0.39 is 0 Å². The third kappa shape index (κ3) is 2.77. The van der Waals surface area contributed by atoms with Gasteiger partial charge in [0.2, 0.25) is 0 Å². The van der Waals surface area contributed by atoms with Crippen molar-refractivity contribution < 1.29 is 4.39 Å². The number of rotatable bonds is 2. The summed E-state index contributed by atoms with van der Waals surface area (Å²) in [7, 11) is 0. The van der Waals surface area contributed by atoms with E-state index in [2.05, 4.69) is 27.8 Å². The van der Waals surface area contributed by atoms with Gasteiger partial charge < -0.3 is 10.6 Å². The molecule has 2 unspecified atom stereocenters. The van der Waals surface area contributed by atoms with Crippen LogP contribution >= 0.6 is 15.9 Å². The Kier molecular flexibility index (Phi) is 3.99. The molecule has 0 spiro atoms. The van der Waals surface area contributed by atoms with E-state index >= 15 is 0 Å². The van der Waals surface area contributed by atoms with Crippen molar-refractivity contribution in [3.05, 3.63) is 22.6 Å². The second-order valence-corrected chi connectivity index (χ2v) is 5.56. The minimum atomic E-state index is -0.274. The van der Waals surface area contributed by atoms with E-state index in [-0.39, 0.29) is 5.82 Å². The van der Waals surface area contributed by atoms with Crippen LogP contribution in [0.2, 0.25) is 0 Å². The summed E-state index contributed by atoms with van der Waals surface area (Å²) in [5.74, 6) is 0.610. The first-order valence-electron chi connectivity index (χ1n) is 5.89. The molecule has 2 rings (SSSR count). The fourth-order valence-corrected chi connectivity index (χ4v) is 2.59. The largest absolute Gasteiger partial charge is 0.351 e. The average molecular weight is 302 g/mol. The van der Waals surface area contributed by atoms with Gasteiger partial charge >= 0.3 is 0 Å². The van der Waals surface area contributed by atoms with Crippen LogP contribution < -0.4 is 10.6 Å². The zero-order valence-electron chi connectivity index (χ0n) is 9.87. The number of nitrogens with zero attached hydrogens (tertiary/aromatic N) is 2. The Balaban J connectivity index is 2.24. The van der Waals surface area contributed by atoms with Crippen LogP contribution in [0, 0.1) is 11.7 Å². The van der Waals surface area contributed by atoms with Crippen LogP contribution in [-0.2, 0) is 0 Å². The molecule has 3 nitrogen and oxygen atoms in total. The molecule has 2 N–H and O–H groups in total. The maximum Gasteiger partial charge on any atom is 0.166 e. The van der Waals surface area contributed by atoms with Crippen molar-refractivity contribution in [2.24, 2.45) is 11.7 Å². The maximum atomic E-state index is 13.9. The van der Waals surface area contributed by atoms with Gasteiger partial charge in [-0.15, -0.1) is 0 Å². The van der Waals surface area contributed by atoms with Gasteiger partial charge in [0.15, 0.2) is 11.6 Å². The fraction of sp³-hybridized carbons (Fsp3) is 0.583. The number of halogens is 2. The van der Waals surface area contributed by atoms with Crippen LogP contribution in [0.4, 0.5) is 10.2 Å². The average Bonchev–Trinajstić information content (AvgIpc) is 2.30. The molecule has 1 aliphatic heterocycles. The summed E-state index contributed by atoms with van der Waals surface area (Å²) < 4.78 is 14.5. The second kappa shape index (κ2) is 5.31. The molecular weight excluding hydrogens is 285 g/mol. The molecule has 0 amide bonds. The van der Waals surface area contributed by atoms with Crippen LogP contribution in [0.25, 0.3) is 0 Å². The molecule has 2 atom stereocenters. The van der Waals surface area contributed by atoms with Crippen molar-refractivity contribution in [1.29, 1.82) is 0 Å². The van der Waals surface area contributed by atoms with E-state index in [1.807, 2.05) is 4.90 Å². The van der Waals surface area contributed by atoms with Crippen LogP contribution in [0.3, 0.4) is 0 Å². The molecular formula is C12H17BrFN3. The van der Waals surface area contributed by atoms with Gasteiger partial charge in [0.25, 0.3) is 0 Å². The Morgan fingerprint density at radius 2 is 2.35 bits per heavy atom. The van der Waals surface area contributed by atoms with Gasteiger partial charge in [-0.05, 0) is 54.2 Å². The van der Waals surface area contributed by atoms with Crippen molar-refractivity contribution >= 4 is 21.7 Å². The van der Waals surface area contributed by atoms with Gasteiger partial charge in [-0.3, -0.25) is 0 Å². The van der Waals surface area contributed by atoms with E-state index in [0.29, 0.717) is 28.8 Å². The minimum Gasteiger partial charge on any atom is -0.351 e. The summed E-state index contributed by atoms with van der Waals surface area (Å²) in [4.78, 5) is 6.21. The number of hydrogen-bond acceptors (Lipinski definition) is 3. The first-order valence-corrected chi connectivity index (χ1v) is 6.69. The van der Waals surface area contributed by atoms with E-state index in [1.165, 1.54) is 6.07 Å². The number of nitrogens with two attached hydrogens (primary N) is 1. The maximum absolute atomic E-state index is 13.9. The summed E-state index contributed by atoms with van der Waals surface area (Å²) in [5.41, 5.74) is 5.70. The number of anilines is 1. The zero-order chi connectivity index (χ0) is 12.4. The highest BCUT2D eigenvalue weighted by Crippen LogP contribution is 2.28. The van der Waals surface area contributed by atoms with Crippen molar-refractivity contribution in [1.82, 2.24) is 4.98 Å². The van der Waals surface area contributed by atoms with E-state index in [4.69, 9.17) is 5.73 Å². The second-order valence-electron chi connectivity index (χ2n) is 4.64. The molecule has 5 heteroatoms.